The number of ether oxygens (including phenoxy) is 3. The molecule has 0 atom stereocenters. The SMILES string of the molecule is COc1cc(OC(F)(F)F)ccc1Oc1cc(C(F)(F)F)c(F)cc1C(=O)N=c1ccn(O)c(C(N)=O)c1. The third-order valence-corrected chi connectivity index (χ3v) is 4.59. The highest BCUT2D eigenvalue weighted by molar-refractivity contribution is 5.98. The van der Waals surface area contributed by atoms with Crippen LogP contribution in [0.4, 0.5) is 30.7 Å². The van der Waals surface area contributed by atoms with Crippen LogP contribution in [0.5, 0.6) is 23.0 Å². The van der Waals surface area contributed by atoms with Crippen LogP contribution in [0.1, 0.15) is 26.4 Å². The lowest BCUT2D eigenvalue weighted by Crippen LogP contribution is -2.21. The Morgan fingerprint density at radius 1 is 0.974 bits per heavy atom. The normalized spacial score (nSPS) is 12.3. The molecular formula is C22H14F7N3O6. The average Bonchev–Trinajstić information content (AvgIpc) is 2.80. The van der Waals surface area contributed by atoms with Crippen molar-refractivity contribution in [2.75, 3.05) is 7.11 Å². The highest BCUT2D eigenvalue weighted by Gasteiger charge is 2.36. The second-order valence-electron chi connectivity index (χ2n) is 7.18. The van der Waals surface area contributed by atoms with E-state index in [0.717, 1.165) is 37.6 Å². The Balaban J connectivity index is 2.13. The first-order chi connectivity index (χ1) is 17.6. The molecule has 38 heavy (non-hydrogen) atoms. The fourth-order valence-electron chi connectivity index (χ4n) is 2.98. The van der Waals surface area contributed by atoms with Gasteiger partial charge in [0.2, 0.25) is 0 Å². The maximum atomic E-state index is 14.3. The number of primary amides is 1. The van der Waals surface area contributed by atoms with E-state index >= 15 is 0 Å². The summed E-state index contributed by atoms with van der Waals surface area (Å²) in [7, 11) is 1.01. The Labute approximate surface area is 207 Å². The number of methoxy groups -OCH3 is 1. The fraction of sp³-hybridized carbons (Fsp3) is 0.136. The van der Waals surface area contributed by atoms with Crippen molar-refractivity contribution in [3.63, 3.8) is 0 Å². The van der Waals surface area contributed by atoms with Crippen LogP contribution in [-0.2, 0) is 6.18 Å². The summed E-state index contributed by atoms with van der Waals surface area (Å²) < 4.78 is 106. The molecule has 0 aliphatic heterocycles. The molecule has 0 radical (unpaired) electrons. The second-order valence-corrected chi connectivity index (χ2v) is 7.18. The number of carbonyl (C=O) groups excluding carboxylic acids is 2. The molecule has 202 valence electrons. The molecule has 2 amide bonds. The van der Waals surface area contributed by atoms with Gasteiger partial charge in [-0.15, -0.1) is 13.2 Å². The predicted octanol–water partition coefficient (Wildman–Crippen LogP) is 4.42. The van der Waals surface area contributed by atoms with Gasteiger partial charge < -0.3 is 25.2 Å². The van der Waals surface area contributed by atoms with Crippen LogP contribution < -0.4 is 25.3 Å². The van der Waals surface area contributed by atoms with Crippen molar-refractivity contribution in [2.24, 2.45) is 10.7 Å². The summed E-state index contributed by atoms with van der Waals surface area (Å²) in [6.45, 7) is 0. The Kier molecular flexibility index (Phi) is 7.55. The van der Waals surface area contributed by atoms with E-state index in [9.17, 15) is 45.5 Å². The lowest BCUT2D eigenvalue weighted by Gasteiger charge is -2.16. The third-order valence-electron chi connectivity index (χ3n) is 4.59. The number of carbonyl (C=O) groups is 2. The molecule has 0 saturated carbocycles. The molecule has 9 nitrogen and oxygen atoms in total. The van der Waals surface area contributed by atoms with Crippen molar-refractivity contribution in [1.82, 2.24) is 4.73 Å². The van der Waals surface area contributed by atoms with Gasteiger partial charge in [0.1, 0.15) is 23.0 Å². The number of hydrogen-bond donors (Lipinski definition) is 2. The largest absolute Gasteiger partial charge is 0.573 e. The van der Waals surface area contributed by atoms with Gasteiger partial charge in [0.15, 0.2) is 11.5 Å². The van der Waals surface area contributed by atoms with Crippen molar-refractivity contribution >= 4 is 11.8 Å². The summed E-state index contributed by atoms with van der Waals surface area (Å²) in [6.07, 6.45) is -9.40. The maximum Gasteiger partial charge on any atom is 0.573 e. The van der Waals surface area contributed by atoms with E-state index in [2.05, 4.69) is 9.73 Å². The topological polar surface area (TPSA) is 125 Å². The molecule has 1 heterocycles. The van der Waals surface area contributed by atoms with E-state index in [1.54, 1.807) is 0 Å². The average molecular weight is 549 g/mol. The molecule has 1 aromatic heterocycles. The van der Waals surface area contributed by atoms with Crippen LogP contribution in [0.25, 0.3) is 0 Å². The third kappa shape index (κ3) is 6.51. The van der Waals surface area contributed by atoms with E-state index in [-0.39, 0.29) is 17.5 Å². The molecule has 0 fully saturated rings. The first kappa shape index (κ1) is 27.8. The Hall–Kier alpha value is -4.76. The Bertz CT molecular complexity index is 1470. The molecule has 0 bridgehead atoms. The minimum atomic E-state index is -5.22. The van der Waals surface area contributed by atoms with Gasteiger partial charge in [-0.05, 0) is 36.4 Å². The van der Waals surface area contributed by atoms with E-state index in [1.807, 2.05) is 0 Å². The highest BCUT2D eigenvalue weighted by Crippen LogP contribution is 2.40. The van der Waals surface area contributed by atoms with Crippen LogP contribution in [0.15, 0.2) is 53.7 Å². The van der Waals surface area contributed by atoms with Crippen LogP contribution in [-0.4, -0.2) is 35.2 Å². The number of nitrogens with two attached hydrogens (primary N) is 1. The van der Waals surface area contributed by atoms with Gasteiger partial charge >= 0.3 is 12.5 Å². The Morgan fingerprint density at radius 3 is 2.24 bits per heavy atom. The molecule has 0 aliphatic carbocycles. The Morgan fingerprint density at radius 2 is 1.66 bits per heavy atom. The number of alkyl halides is 6. The van der Waals surface area contributed by atoms with Crippen LogP contribution in [0, 0.1) is 5.82 Å². The highest BCUT2D eigenvalue weighted by atomic mass is 19.4. The number of benzene rings is 2. The van der Waals surface area contributed by atoms with Gasteiger partial charge in [-0.1, -0.05) is 0 Å². The van der Waals surface area contributed by atoms with E-state index in [4.69, 9.17) is 15.2 Å². The molecule has 16 heteroatoms. The lowest BCUT2D eigenvalue weighted by atomic mass is 10.1. The minimum Gasteiger partial charge on any atom is -0.493 e. The zero-order chi connectivity index (χ0) is 28.4. The van der Waals surface area contributed by atoms with Crippen LogP contribution >= 0.6 is 0 Å². The van der Waals surface area contributed by atoms with Gasteiger partial charge in [-0.25, -0.2) is 9.38 Å². The van der Waals surface area contributed by atoms with Gasteiger partial charge in [-0.3, -0.25) is 9.59 Å². The number of amides is 2. The molecule has 0 aliphatic rings. The minimum absolute atomic E-state index is 0.152. The van der Waals surface area contributed by atoms with E-state index < -0.39 is 70.0 Å². The monoisotopic (exact) mass is 549 g/mol. The van der Waals surface area contributed by atoms with Gasteiger partial charge in [-0.2, -0.15) is 17.9 Å². The van der Waals surface area contributed by atoms with Crippen LogP contribution in [0.3, 0.4) is 0 Å². The number of halogens is 7. The second kappa shape index (κ2) is 10.3. The molecule has 2 aromatic carbocycles. The zero-order valence-electron chi connectivity index (χ0n) is 18.7. The predicted molar refractivity (Wildman–Crippen MR) is 111 cm³/mol. The molecule has 0 spiro atoms. The molecule has 3 aromatic rings. The molecular weight excluding hydrogens is 535 g/mol. The molecule has 3 rings (SSSR count). The van der Waals surface area contributed by atoms with Crippen molar-refractivity contribution in [3.05, 3.63) is 76.7 Å². The molecule has 0 unspecified atom stereocenters. The standard InChI is InChI=1S/C22H14F7N3O6/c1-36-18-7-11(38-22(27,28)29)2-3-16(18)37-17-9-13(21(24,25)26)14(23)8-12(17)20(34)31-10-4-5-32(35)15(6-10)19(30)33/h2-9,35H,1H3,(H2,30,33). The van der Waals surface area contributed by atoms with Crippen molar-refractivity contribution in [2.45, 2.75) is 12.5 Å². The van der Waals surface area contributed by atoms with Crippen molar-refractivity contribution in [3.8, 4) is 23.0 Å². The molecule has 0 saturated heterocycles. The van der Waals surface area contributed by atoms with Gasteiger partial charge in [0.25, 0.3) is 11.8 Å². The number of aromatic nitrogens is 1. The van der Waals surface area contributed by atoms with E-state index in [1.165, 1.54) is 0 Å². The summed E-state index contributed by atoms with van der Waals surface area (Å²) in [5, 5.41) is 9.27. The first-order valence-corrected chi connectivity index (χ1v) is 9.92. The zero-order valence-corrected chi connectivity index (χ0v) is 18.7. The number of nitrogens with zero attached hydrogens (tertiary/aromatic N) is 2. The quantitative estimate of drug-likeness (QED) is 0.347. The molecule has 3 N–H and O–H groups in total. The smallest absolute Gasteiger partial charge is 0.493 e. The number of pyridine rings is 1. The maximum absolute atomic E-state index is 14.3. The lowest BCUT2D eigenvalue weighted by molar-refractivity contribution is -0.274. The van der Waals surface area contributed by atoms with Gasteiger partial charge in [0, 0.05) is 12.3 Å². The van der Waals surface area contributed by atoms with Gasteiger partial charge in [0.05, 0.1) is 23.6 Å². The summed E-state index contributed by atoms with van der Waals surface area (Å²) in [5.74, 6) is -6.88. The first-order valence-electron chi connectivity index (χ1n) is 9.92. The summed E-state index contributed by atoms with van der Waals surface area (Å²) in [4.78, 5) is 27.8. The van der Waals surface area contributed by atoms with E-state index in [0.29, 0.717) is 10.8 Å². The number of hydrogen-bond acceptors (Lipinski definition) is 6. The fourth-order valence-corrected chi connectivity index (χ4v) is 2.98. The van der Waals surface area contributed by atoms with Crippen LogP contribution in [0.2, 0.25) is 0 Å². The van der Waals surface area contributed by atoms with Crippen molar-refractivity contribution < 1.29 is 59.7 Å². The van der Waals surface area contributed by atoms with Crippen molar-refractivity contribution in [1.29, 1.82) is 0 Å². The number of rotatable bonds is 6. The summed E-state index contributed by atoms with van der Waals surface area (Å²) >= 11 is 0. The summed E-state index contributed by atoms with van der Waals surface area (Å²) in [6, 6.07) is 4.55. The summed E-state index contributed by atoms with van der Waals surface area (Å²) in [5.41, 5.74) is 1.90.